The van der Waals surface area contributed by atoms with Crippen molar-refractivity contribution >= 4 is 34.1 Å². The Morgan fingerprint density at radius 1 is 1.53 bits per heavy atom. The highest BCUT2D eigenvalue weighted by Crippen LogP contribution is 2.37. The van der Waals surface area contributed by atoms with E-state index < -0.39 is 0 Å². The summed E-state index contributed by atoms with van der Waals surface area (Å²) in [5, 5.41) is 1.20. The number of rotatable bonds is 4. The van der Waals surface area contributed by atoms with Gasteiger partial charge in [-0.2, -0.15) is 4.37 Å². The lowest BCUT2D eigenvalue weighted by Crippen LogP contribution is -2.29. The summed E-state index contributed by atoms with van der Waals surface area (Å²) in [6, 6.07) is 0. The van der Waals surface area contributed by atoms with Gasteiger partial charge in [0.25, 0.3) is 0 Å². The first kappa shape index (κ1) is 13.0. The second-order valence-corrected chi connectivity index (χ2v) is 5.91. The third kappa shape index (κ3) is 3.05. The predicted octanol–water partition coefficient (Wildman–Crippen LogP) is 2.31. The normalized spacial score (nSPS) is 17.3. The molecule has 1 saturated heterocycles. The van der Waals surface area contributed by atoms with Gasteiger partial charge in [0.1, 0.15) is 5.00 Å². The van der Waals surface area contributed by atoms with Crippen molar-refractivity contribution in [2.45, 2.75) is 17.7 Å². The van der Waals surface area contributed by atoms with Crippen LogP contribution in [0.4, 0.5) is 10.8 Å². The van der Waals surface area contributed by atoms with Gasteiger partial charge in [-0.05, 0) is 36.5 Å². The average molecular weight is 273 g/mol. The summed E-state index contributed by atoms with van der Waals surface area (Å²) in [5.41, 5.74) is 5.85. The van der Waals surface area contributed by atoms with E-state index in [-0.39, 0.29) is 0 Å². The van der Waals surface area contributed by atoms with Gasteiger partial charge in [-0.25, -0.2) is 0 Å². The van der Waals surface area contributed by atoms with Crippen LogP contribution in [-0.2, 0) is 4.74 Å². The van der Waals surface area contributed by atoms with Crippen molar-refractivity contribution in [3.05, 3.63) is 0 Å². The van der Waals surface area contributed by atoms with Gasteiger partial charge in [-0.15, -0.1) is 11.8 Å². The summed E-state index contributed by atoms with van der Waals surface area (Å²) in [7, 11) is 2.13. The summed E-state index contributed by atoms with van der Waals surface area (Å²) >= 11 is 3.17. The number of hydrogen-bond donors (Lipinski definition) is 1. The van der Waals surface area contributed by atoms with Crippen molar-refractivity contribution in [3.63, 3.8) is 0 Å². The van der Waals surface area contributed by atoms with Crippen molar-refractivity contribution in [2.75, 3.05) is 43.7 Å². The predicted molar refractivity (Wildman–Crippen MR) is 75.1 cm³/mol. The molecule has 1 aliphatic rings. The van der Waals surface area contributed by atoms with E-state index in [2.05, 4.69) is 16.3 Å². The number of nitrogen functional groups attached to an aromatic ring is 1. The average Bonchev–Trinajstić information content (AvgIpc) is 2.71. The van der Waals surface area contributed by atoms with E-state index in [1.807, 2.05) is 6.26 Å². The van der Waals surface area contributed by atoms with E-state index in [9.17, 15) is 0 Å². The molecule has 1 aromatic heterocycles. The van der Waals surface area contributed by atoms with Gasteiger partial charge in [0.2, 0.25) is 0 Å². The second-order valence-electron chi connectivity index (χ2n) is 4.34. The van der Waals surface area contributed by atoms with Gasteiger partial charge in [-0.3, -0.25) is 0 Å². The molecule has 0 atom stereocenters. The molecule has 0 radical (unpaired) electrons. The Labute approximate surface area is 111 Å². The highest BCUT2D eigenvalue weighted by molar-refractivity contribution is 7.99. The molecule has 0 saturated carbocycles. The summed E-state index contributed by atoms with van der Waals surface area (Å²) in [6.45, 7) is 2.87. The van der Waals surface area contributed by atoms with E-state index in [1.165, 1.54) is 16.5 Å². The third-order valence-corrected chi connectivity index (χ3v) is 5.00. The van der Waals surface area contributed by atoms with Crippen LogP contribution < -0.4 is 10.6 Å². The Kier molecular flexibility index (Phi) is 4.53. The molecule has 6 heteroatoms. The zero-order valence-corrected chi connectivity index (χ0v) is 11.9. The number of ether oxygens (including phenoxy) is 1. The molecule has 0 aliphatic carbocycles. The number of aromatic nitrogens is 1. The summed E-state index contributed by atoms with van der Waals surface area (Å²) in [6.07, 6.45) is 4.37. The van der Waals surface area contributed by atoms with Crippen LogP contribution in [0.3, 0.4) is 0 Å². The Balaban J connectivity index is 2.00. The number of hydrogen-bond acceptors (Lipinski definition) is 6. The Morgan fingerprint density at radius 3 is 2.88 bits per heavy atom. The lowest BCUT2D eigenvalue weighted by molar-refractivity contribution is 0.0685. The maximum absolute atomic E-state index is 5.85. The number of nitrogens with two attached hydrogens (primary N) is 1. The van der Waals surface area contributed by atoms with Gasteiger partial charge in [0.15, 0.2) is 5.82 Å². The van der Waals surface area contributed by atoms with E-state index in [4.69, 9.17) is 10.5 Å². The Morgan fingerprint density at radius 2 is 2.24 bits per heavy atom. The van der Waals surface area contributed by atoms with Gasteiger partial charge in [0.05, 0.1) is 4.90 Å². The van der Waals surface area contributed by atoms with Crippen LogP contribution in [0, 0.1) is 5.92 Å². The lowest BCUT2D eigenvalue weighted by atomic mass is 10.00. The van der Waals surface area contributed by atoms with E-state index >= 15 is 0 Å². The Bertz CT molecular complexity index is 364. The molecule has 1 fully saturated rings. The fourth-order valence-corrected chi connectivity index (χ4v) is 3.80. The first-order valence-electron chi connectivity index (χ1n) is 5.80. The largest absolute Gasteiger partial charge is 0.382 e. The van der Waals surface area contributed by atoms with Crippen molar-refractivity contribution in [1.29, 1.82) is 0 Å². The Hall–Kier alpha value is -0.460. The van der Waals surface area contributed by atoms with Crippen molar-refractivity contribution < 1.29 is 4.74 Å². The van der Waals surface area contributed by atoms with Gasteiger partial charge < -0.3 is 15.4 Å². The fourth-order valence-electron chi connectivity index (χ4n) is 2.12. The maximum atomic E-state index is 5.85. The highest BCUT2D eigenvalue weighted by Gasteiger charge is 2.19. The minimum absolute atomic E-state index is 0.663. The van der Waals surface area contributed by atoms with Crippen LogP contribution in [0.5, 0.6) is 0 Å². The van der Waals surface area contributed by atoms with Crippen LogP contribution in [0.1, 0.15) is 12.8 Å². The zero-order chi connectivity index (χ0) is 12.3. The van der Waals surface area contributed by atoms with Gasteiger partial charge in [-0.1, -0.05) is 0 Å². The molecule has 96 valence electrons. The molecule has 0 bridgehead atoms. The summed E-state index contributed by atoms with van der Waals surface area (Å²) in [5.74, 6) is 1.39. The first-order valence-corrected chi connectivity index (χ1v) is 7.80. The van der Waals surface area contributed by atoms with E-state index in [1.54, 1.807) is 11.8 Å². The van der Waals surface area contributed by atoms with Gasteiger partial charge in [0, 0.05) is 26.8 Å². The quantitative estimate of drug-likeness (QED) is 0.853. The second kappa shape index (κ2) is 5.93. The van der Waals surface area contributed by atoms with Crippen LogP contribution in [-0.4, -0.2) is 37.4 Å². The molecule has 0 amide bonds. The van der Waals surface area contributed by atoms with E-state index in [0.717, 1.165) is 43.4 Å². The van der Waals surface area contributed by atoms with Crippen molar-refractivity contribution in [3.8, 4) is 0 Å². The van der Waals surface area contributed by atoms with Crippen LogP contribution in [0.15, 0.2) is 4.90 Å². The molecule has 0 spiro atoms. The minimum Gasteiger partial charge on any atom is -0.382 e. The lowest BCUT2D eigenvalue weighted by Gasteiger charge is -2.27. The van der Waals surface area contributed by atoms with Gasteiger partial charge >= 0.3 is 0 Å². The molecule has 0 aromatic carbocycles. The van der Waals surface area contributed by atoms with Crippen LogP contribution in [0.25, 0.3) is 0 Å². The molecule has 1 aromatic rings. The SMILES string of the molecule is CSc1c(N)nsc1N(C)CC1CCOCC1. The molecule has 2 heterocycles. The smallest absolute Gasteiger partial charge is 0.153 e. The number of nitrogens with zero attached hydrogens (tertiary/aromatic N) is 2. The molecular formula is C11H19N3OS2. The minimum atomic E-state index is 0.663. The molecule has 2 rings (SSSR count). The topological polar surface area (TPSA) is 51.4 Å². The maximum Gasteiger partial charge on any atom is 0.153 e. The summed E-state index contributed by atoms with van der Waals surface area (Å²) in [4.78, 5) is 3.40. The molecule has 0 unspecified atom stereocenters. The fraction of sp³-hybridized carbons (Fsp3) is 0.727. The molecular weight excluding hydrogens is 254 g/mol. The van der Waals surface area contributed by atoms with Crippen LogP contribution in [0.2, 0.25) is 0 Å². The van der Waals surface area contributed by atoms with Crippen LogP contribution >= 0.6 is 23.3 Å². The highest BCUT2D eigenvalue weighted by atomic mass is 32.2. The number of anilines is 2. The molecule has 17 heavy (non-hydrogen) atoms. The summed E-state index contributed by atoms with van der Waals surface area (Å²) < 4.78 is 9.62. The molecule has 4 nitrogen and oxygen atoms in total. The third-order valence-electron chi connectivity index (χ3n) is 3.08. The zero-order valence-electron chi connectivity index (χ0n) is 10.3. The van der Waals surface area contributed by atoms with E-state index in [0.29, 0.717) is 5.82 Å². The van der Waals surface area contributed by atoms with Crippen molar-refractivity contribution in [2.24, 2.45) is 5.92 Å². The molecule has 1 aliphatic heterocycles. The molecule has 2 N–H and O–H groups in total. The first-order chi connectivity index (χ1) is 8.22. The monoisotopic (exact) mass is 273 g/mol. The standard InChI is InChI=1S/C11H19N3OS2/c1-14(7-8-3-5-15-6-4-8)11-9(16-2)10(12)13-17-11/h8H,3-7H2,1-2H3,(H2,12,13). The number of thioether (sulfide) groups is 1. The van der Waals surface area contributed by atoms with Crippen molar-refractivity contribution in [1.82, 2.24) is 4.37 Å².